The molecule has 7 heteroatoms. The molecule has 2 aliphatic heterocycles. The third-order valence-corrected chi connectivity index (χ3v) is 5.30. The van der Waals surface area contributed by atoms with Crippen LogP contribution < -0.4 is 10.2 Å². The van der Waals surface area contributed by atoms with Crippen molar-refractivity contribution in [1.29, 1.82) is 5.26 Å². The molecule has 1 aromatic carbocycles. The second kappa shape index (κ2) is 9.63. The van der Waals surface area contributed by atoms with Crippen LogP contribution in [0.5, 0.6) is 0 Å². The average molecular weight is 390 g/mol. The molecule has 0 spiro atoms. The van der Waals surface area contributed by atoms with Crippen LogP contribution >= 0.6 is 12.4 Å². The molecule has 146 valence electrons. The molecule has 0 unspecified atom stereocenters. The Morgan fingerprint density at radius 2 is 1.78 bits per heavy atom. The van der Waals surface area contributed by atoms with Crippen LogP contribution in [0, 0.1) is 25.2 Å². The summed E-state index contributed by atoms with van der Waals surface area (Å²) in [5.74, 6) is -0.147. The third-order valence-electron chi connectivity index (χ3n) is 5.30. The van der Waals surface area contributed by atoms with Crippen LogP contribution in [0.25, 0.3) is 0 Å². The largest absolute Gasteiger partial charge is 0.373 e. The van der Waals surface area contributed by atoms with E-state index in [-0.39, 0.29) is 23.9 Å². The quantitative estimate of drug-likeness (QED) is 0.629. The molecule has 0 saturated carbocycles. The molecule has 27 heavy (non-hydrogen) atoms. The zero-order chi connectivity index (χ0) is 18.5. The van der Waals surface area contributed by atoms with Crippen LogP contribution in [0.3, 0.4) is 0 Å². The Labute approximate surface area is 167 Å². The number of hydrogen-bond acceptors (Lipinski definition) is 5. The first-order chi connectivity index (χ1) is 12.6. The van der Waals surface area contributed by atoms with Gasteiger partial charge in [-0.1, -0.05) is 12.1 Å². The second-order valence-corrected chi connectivity index (χ2v) is 6.94. The van der Waals surface area contributed by atoms with Gasteiger partial charge in [0.15, 0.2) is 0 Å². The number of halogens is 1. The first kappa shape index (κ1) is 21.1. The van der Waals surface area contributed by atoms with Crippen LogP contribution in [0.2, 0.25) is 0 Å². The lowest BCUT2D eigenvalue weighted by Crippen LogP contribution is -2.47. The molecule has 6 nitrogen and oxygen atoms in total. The van der Waals surface area contributed by atoms with E-state index in [1.807, 2.05) is 0 Å². The molecule has 1 amide bonds. The van der Waals surface area contributed by atoms with Crippen molar-refractivity contribution >= 4 is 24.0 Å². The molecular formula is C20H28ClN5O. The van der Waals surface area contributed by atoms with E-state index < -0.39 is 0 Å². The number of hydrogen-bond donors (Lipinski definition) is 1. The summed E-state index contributed by atoms with van der Waals surface area (Å²) in [7, 11) is 0. The molecule has 2 heterocycles. The van der Waals surface area contributed by atoms with Crippen molar-refractivity contribution in [3.63, 3.8) is 0 Å². The van der Waals surface area contributed by atoms with E-state index in [1.165, 1.54) is 16.8 Å². The molecule has 0 aliphatic carbocycles. The highest BCUT2D eigenvalue weighted by atomic mass is 35.5. The normalized spacial score (nSPS) is 18.0. The van der Waals surface area contributed by atoms with E-state index >= 15 is 0 Å². The minimum absolute atomic E-state index is 0. The Hall–Kier alpha value is -2.23. The highest BCUT2D eigenvalue weighted by molar-refractivity contribution is 5.97. The van der Waals surface area contributed by atoms with Gasteiger partial charge in [0.05, 0.1) is 0 Å². The number of carbonyl (C=O) groups is 1. The highest BCUT2D eigenvalue weighted by Gasteiger charge is 2.22. The van der Waals surface area contributed by atoms with Crippen molar-refractivity contribution in [2.24, 2.45) is 0 Å². The molecule has 1 N–H and O–H groups in total. The van der Waals surface area contributed by atoms with Gasteiger partial charge in [0.25, 0.3) is 5.91 Å². The van der Waals surface area contributed by atoms with Crippen LogP contribution in [0.15, 0.2) is 30.0 Å². The van der Waals surface area contributed by atoms with E-state index in [9.17, 15) is 10.1 Å². The van der Waals surface area contributed by atoms with Gasteiger partial charge in [0.2, 0.25) is 0 Å². The van der Waals surface area contributed by atoms with E-state index in [0.717, 1.165) is 39.3 Å². The lowest BCUT2D eigenvalue weighted by atomic mass is 10.1. The maximum absolute atomic E-state index is 12.5. The molecule has 2 saturated heterocycles. The average Bonchev–Trinajstić information content (AvgIpc) is 2.69. The molecule has 0 aromatic heterocycles. The summed E-state index contributed by atoms with van der Waals surface area (Å²) in [6, 6.07) is 8.51. The monoisotopic (exact) mass is 389 g/mol. The van der Waals surface area contributed by atoms with Crippen LogP contribution in [-0.2, 0) is 4.79 Å². The van der Waals surface area contributed by atoms with Crippen molar-refractivity contribution in [3.05, 3.63) is 41.1 Å². The predicted octanol–water partition coefficient (Wildman–Crippen LogP) is 1.69. The smallest absolute Gasteiger partial charge is 0.266 e. The van der Waals surface area contributed by atoms with Gasteiger partial charge in [-0.2, -0.15) is 5.26 Å². The van der Waals surface area contributed by atoms with Crippen molar-refractivity contribution in [3.8, 4) is 6.07 Å². The molecule has 3 rings (SSSR count). The fraction of sp³-hybridized carbons (Fsp3) is 0.500. The number of piperazine rings is 2. The number of benzene rings is 1. The number of rotatable bonds is 3. The van der Waals surface area contributed by atoms with Crippen LogP contribution in [0.1, 0.15) is 11.1 Å². The number of nitrogens with zero attached hydrogens (tertiary/aromatic N) is 4. The zero-order valence-electron chi connectivity index (χ0n) is 16.1. The minimum Gasteiger partial charge on any atom is -0.373 e. The fourth-order valence-corrected chi connectivity index (χ4v) is 3.52. The molecule has 1 aromatic rings. The van der Waals surface area contributed by atoms with Gasteiger partial charge in [-0.15, -0.1) is 12.4 Å². The van der Waals surface area contributed by atoms with Crippen LogP contribution in [0.4, 0.5) is 5.69 Å². The van der Waals surface area contributed by atoms with Gasteiger partial charge in [0.1, 0.15) is 11.6 Å². The van der Waals surface area contributed by atoms with Crippen molar-refractivity contribution in [1.82, 2.24) is 15.1 Å². The van der Waals surface area contributed by atoms with Crippen LogP contribution in [-0.4, -0.2) is 68.1 Å². The number of nitrogens with one attached hydrogen (secondary N) is 1. The first-order valence-corrected chi connectivity index (χ1v) is 9.27. The summed E-state index contributed by atoms with van der Waals surface area (Å²) >= 11 is 0. The summed E-state index contributed by atoms with van der Waals surface area (Å²) in [6.45, 7) is 10.6. The lowest BCUT2D eigenvalue weighted by Gasteiger charge is -2.37. The van der Waals surface area contributed by atoms with Crippen molar-refractivity contribution in [2.45, 2.75) is 13.8 Å². The Morgan fingerprint density at radius 3 is 2.41 bits per heavy atom. The summed E-state index contributed by atoms with van der Waals surface area (Å²) in [4.78, 5) is 18.8. The van der Waals surface area contributed by atoms with E-state index in [1.54, 1.807) is 11.1 Å². The van der Waals surface area contributed by atoms with Gasteiger partial charge in [-0.25, -0.2) is 0 Å². The Balaban J connectivity index is 0.00000261. The lowest BCUT2D eigenvalue weighted by molar-refractivity contribution is -0.127. The van der Waals surface area contributed by atoms with Gasteiger partial charge in [0, 0.05) is 64.2 Å². The highest BCUT2D eigenvalue weighted by Crippen LogP contribution is 2.24. The fourth-order valence-electron chi connectivity index (χ4n) is 3.52. The SMILES string of the molecule is Cc1cccc(N2CCN(/C=C(/C#N)C(=O)N3CCNCC3)CC2)c1C.Cl. The number of aryl methyl sites for hydroxylation is 1. The standard InChI is InChI=1S/C20H27N5O.ClH/c1-16-4-3-5-19(17(16)2)24-12-10-23(11-13-24)15-18(14-21)20(26)25-8-6-22-7-9-25;/h3-5,15,22H,6-13H2,1-2H3;1H/b18-15-;. The summed E-state index contributed by atoms with van der Waals surface area (Å²) in [5, 5.41) is 12.7. The van der Waals surface area contributed by atoms with Gasteiger partial charge in [-0.3, -0.25) is 4.79 Å². The number of anilines is 1. The third kappa shape index (κ3) is 4.94. The maximum atomic E-state index is 12.5. The Morgan fingerprint density at radius 1 is 1.11 bits per heavy atom. The van der Waals surface area contributed by atoms with Crippen molar-refractivity contribution < 1.29 is 4.79 Å². The summed E-state index contributed by atoms with van der Waals surface area (Å²) in [6.07, 6.45) is 1.75. The van der Waals surface area contributed by atoms with Gasteiger partial charge in [-0.05, 0) is 31.0 Å². The molecule has 2 aliphatic rings. The molecule has 0 radical (unpaired) electrons. The van der Waals surface area contributed by atoms with E-state index in [0.29, 0.717) is 13.1 Å². The number of nitriles is 1. The molecule has 2 fully saturated rings. The molecule has 0 bridgehead atoms. The summed E-state index contributed by atoms with van der Waals surface area (Å²) < 4.78 is 0. The number of amides is 1. The number of carbonyl (C=O) groups excluding carboxylic acids is 1. The minimum atomic E-state index is -0.147. The Bertz CT molecular complexity index is 728. The van der Waals surface area contributed by atoms with Crippen molar-refractivity contribution in [2.75, 3.05) is 57.3 Å². The van der Waals surface area contributed by atoms with E-state index in [2.05, 4.69) is 53.2 Å². The maximum Gasteiger partial charge on any atom is 0.266 e. The van der Waals surface area contributed by atoms with E-state index in [4.69, 9.17) is 0 Å². The summed E-state index contributed by atoms with van der Waals surface area (Å²) in [5.41, 5.74) is 4.15. The van der Waals surface area contributed by atoms with Gasteiger partial charge < -0.3 is 20.0 Å². The predicted molar refractivity (Wildman–Crippen MR) is 110 cm³/mol. The zero-order valence-corrected chi connectivity index (χ0v) is 16.9. The topological polar surface area (TPSA) is 62.6 Å². The Kier molecular flexibility index (Phi) is 7.52. The first-order valence-electron chi connectivity index (χ1n) is 9.27. The molecular weight excluding hydrogens is 362 g/mol. The van der Waals surface area contributed by atoms with Gasteiger partial charge >= 0.3 is 0 Å². The molecule has 0 atom stereocenters. The second-order valence-electron chi connectivity index (χ2n) is 6.94.